The first-order valence-electron chi connectivity index (χ1n) is 5.32. The molecule has 1 aromatic heterocycles. The summed E-state index contributed by atoms with van der Waals surface area (Å²) in [5.41, 5.74) is 0. The first kappa shape index (κ1) is 8.80. The van der Waals surface area contributed by atoms with Crippen LogP contribution in [0.25, 0.3) is 10.8 Å². The molecule has 0 spiro atoms. The molecule has 2 N–H and O–H groups in total. The molecular weight excluding hydrogens is 188 g/mol. The van der Waals surface area contributed by atoms with Gasteiger partial charge in [0, 0.05) is 42.2 Å². The molecule has 0 atom stereocenters. The summed E-state index contributed by atoms with van der Waals surface area (Å²) in [6, 6.07) is 6.15. The summed E-state index contributed by atoms with van der Waals surface area (Å²) in [5.74, 6) is 1.67. The zero-order chi connectivity index (χ0) is 10.1. The summed E-state index contributed by atoms with van der Waals surface area (Å²) in [6.45, 7) is 2.99. The zero-order valence-electron chi connectivity index (χ0n) is 8.49. The Morgan fingerprint density at radius 2 is 2.20 bits per heavy atom. The van der Waals surface area contributed by atoms with Gasteiger partial charge in [0.05, 0.1) is 6.61 Å². The van der Waals surface area contributed by atoms with Crippen LogP contribution in [0.3, 0.4) is 0 Å². The van der Waals surface area contributed by atoms with Crippen molar-refractivity contribution in [3.05, 3.63) is 30.6 Å². The van der Waals surface area contributed by atoms with Gasteiger partial charge in [0.2, 0.25) is 0 Å². The van der Waals surface area contributed by atoms with E-state index in [0.29, 0.717) is 5.92 Å². The third kappa shape index (κ3) is 1.59. The third-order valence-electron chi connectivity index (χ3n) is 2.91. The summed E-state index contributed by atoms with van der Waals surface area (Å²) < 4.78 is 5.82. The molecule has 0 bridgehead atoms. The molecule has 3 rings (SSSR count). The molecule has 1 aliphatic heterocycles. The number of aromatic nitrogens is 1. The molecule has 1 saturated heterocycles. The minimum atomic E-state index is 0.680. The van der Waals surface area contributed by atoms with Gasteiger partial charge in [-0.15, -0.1) is 0 Å². The predicted molar refractivity (Wildman–Crippen MR) is 60.2 cm³/mol. The second-order valence-corrected chi connectivity index (χ2v) is 4.05. The lowest BCUT2D eigenvalue weighted by Gasteiger charge is -2.26. The smallest absolute Gasteiger partial charge is 0.128 e. The number of hydrogen-bond acceptors (Lipinski definition) is 2. The van der Waals surface area contributed by atoms with Crippen LogP contribution in [-0.2, 0) is 0 Å². The van der Waals surface area contributed by atoms with Gasteiger partial charge in [-0.05, 0) is 6.07 Å². The molecular formula is C12H14N2O. The average Bonchev–Trinajstić information content (AvgIpc) is 2.63. The van der Waals surface area contributed by atoms with Crippen LogP contribution in [0.4, 0.5) is 0 Å². The Morgan fingerprint density at radius 1 is 1.27 bits per heavy atom. The van der Waals surface area contributed by atoms with Crippen LogP contribution >= 0.6 is 0 Å². The fraction of sp³-hybridized carbons (Fsp3) is 0.333. The van der Waals surface area contributed by atoms with Gasteiger partial charge in [-0.1, -0.05) is 12.1 Å². The van der Waals surface area contributed by atoms with Gasteiger partial charge >= 0.3 is 0 Å². The van der Waals surface area contributed by atoms with Crippen molar-refractivity contribution in [2.75, 3.05) is 19.7 Å². The maximum absolute atomic E-state index is 5.82. The number of hydrogen-bond donors (Lipinski definition) is 2. The van der Waals surface area contributed by atoms with E-state index in [4.69, 9.17) is 4.74 Å². The Kier molecular flexibility index (Phi) is 2.10. The lowest BCUT2D eigenvalue weighted by molar-refractivity contribution is 0.201. The van der Waals surface area contributed by atoms with Gasteiger partial charge in [0.1, 0.15) is 5.75 Å². The van der Waals surface area contributed by atoms with E-state index in [-0.39, 0.29) is 0 Å². The maximum atomic E-state index is 5.82. The summed E-state index contributed by atoms with van der Waals surface area (Å²) in [5, 5.41) is 5.62. The van der Waals surface area contributed by atoms with Crippen molar-refractivity contribution in [3.63, 3.8) is 0 Å². The average molecular weight is 202 g/mol. The quantitative estimate of drug-likeness (QED) is 0.795. The molecule has 0 amide bonds. The minimum Gasteiger partial charge on any atom is -0.492 e. The number of benzene rings is 1. The highest BCUT2D eigenvalue weighted by atomic mass is 16.5. The van der Waals surface area contributed by atoms with Gasteiger partial charge < -0.3 is 15.0 Å². The van der Waals surface area contributed by atoms with Crippen LogP contribution in [-0.4, -0.2) is 24.7 Å². The molecule has 0 radical (unpaired) electrons. The molecule has 1 aromatic carbocycles. The van der Waals surface area contributed by atoms with E-state index >= 15 is 0 Å². The maximum Gasteiger partial charge on any atom is 0.128 e. The van der Waals surface area contributed by atoms with Gasteiger partial charge in [-0.25, -0.2) is 0 Å². The number of nitrogens with one attached hydrogen (secondary N) is 2. The summed E-state index contributed by atoms with van der Waals surface area (Å²) >= 11 is 0. The molecule has 15 heavy (non-hydrogen) atoms. The van der Waals surface area contributed by atoms with E-state index in [0.717, 1.165) is 25.4 Å². The number of ether oxygens (including phenoxy) is 1. The minimum absolute atomic E-state index is 0.680. The lowest BCUT2D eigenvalue weighted by Crippen LogP contribution is -2.45. The number of fused-ring (bicyclic) bond motifs is 1. The highest BCUT2D eigenvalue weighted by molar-refractivity contribution is 5.87. The van der Waals surface area contributed by atoms with Crippen molar-refractivity contribution < 1.29 is 4.74 Å². The molecule has 0 saturated carbocycles. The molecule has 1 fully saturated rings. The van der Waals surface area contributed by atoms with Crippen molar-refractivity contribution in [1.29, 1.82) is 0 Å². The second kappa shape index (κ2) is 3.59. The summed E-state index contributed by atoms with van der Waals surface area (Å²) in [4.78, 5) is 3.10. The molecule has 0 unspecified atom stereocenters. The number of H-pyrrole nitrogens is 1. The Labute approximate surface area is 88.4 Å². The number of aromatic amines is 1. The second-order valence-electron chi connectivity index (χ2n) is 4.05. The number of rotatable bonds is 3. The van der Waals surface area contributed by atoms with E-state index in [1.165, 1.54) is 10.8 Å². The van der Waals surface area contributed by atoms with E-state index in [9.17, 15) is 0 Å². The monoisotopic (exact) mass is 202 g/mol. The topological polar surface area (TPSA) is 37.0 Å². The van der Waals surface area contributed by atoms with Crippen LogP contribution < -0.4 is 10.1 Å². The van der Waals surface area contributed by atoms with Crippen LogP contribution in [0.5, 0.6) is 5.75 Å². The van der Waals surface area contributed by atoms with Gasteiger partial charge in [-0.2, -0.15) is 0 Å². The predicted octanol–water partition coefficient (Wildman–Crippen LogP) is 1.77. The van der Waals surface area contributed by atoms with Gasteiger partial charge in [-0.3, -0.25) is 0 Å². The molecule has 3 heteroatoms. The molecule has 1 aliphatic rings. The largest absolute Gasteiger partial charge is 0.492 e. The third-order valence-corrected chi connectivity index (χ3v) is 2.91. The normalized spacial score (nSPS) is 16.5. The zero-order valence-corrected chi connectivity index (χ0v) is 8.49. The highest BCUT2D eigenvalue weighted by Crippen LogP contribution is 2.25. The molecule has 3 nitrogen and oxygen atoms in total. The first-order chi connectivity index (χ1) is 7.43. The summed E-state index contributed by atoms with van der Waals surface area (Å²) in [6.07, 6.45) is 3.98. The van der Waals surface area contributed by atoms with Crippen molar-refractivity contribution in [2.24, 2.45) is 5.92 Å². The van der Waals surface area contributed by atoms with Crippen molar-refractivity contribution in [3.8, 4) is 5.75 Å². The van der Waals surface area contributed by atoms with E-state index in [1.54, 1.807) is 0 Å². The molecule has 78 valence electrons. The van der Waals surface area contributed by atoms with Crippen molar-refractivity contribution in [2.45, 2.75) is 0 Å². The Balaban J connectivity index is 1.80. The summed E-state index contributed by atoms with van der Waals surface area (Å²) in [7, 11) is 0. The fourth-order valence-corrected chi connectivity index (χ4v) is 1.86. The molecule has 0 aliphatic carbocycles. The van der Waals surface area contributed by atoms with E-state index in [2.05, 4.69) is 16.4 Å². The fourth-order valence-electron chi connectivity index (χ4n) is 1.86. The van der Waals surface area contributed by atoms with Crippen molar-refractivity contribution in [1.82, 2.24) is 10.3 Å². The Morgan fingerprint density at radius 3 is 3.00 bits per heavy atom. The van der Waals surface area contributed by atoms with E-state index in [1.807, 2.05) is 24.5 Å². The van der Waals surface area contributed by atoms with Crippen LogP contribution in [0.1, 0.15) is 0 Å². The van der Waals surface area contributed by atoms with E-state index < -0.39 is 0 Å². The van der Waals surface area contributed by atoms with Crippen LogP contribution in [0.2, 0.25) is 0 Å². The van der Waals surface area contributed by atoms with Crippen LogP contribution in [0.15, 0.2) is 30.6 Å². The van der Waals surface area contributed by atoms with Crippen LogP contribution in [0, 0.1) is 5.92 Å². The standard InChI is InChI=1S/C12H14N2O/c1-2-10-6-14-7-11(10)12(3-1)15-8-9-4-13-5-9/h1-3,6-7,9,13-14H,4-5,8H2. The molecule has 2 aromatic rings. The Bertz CT molecular complexity index is 459. The van der Waals surface area contributed by atoms with Gasteiger partial charge in [0.15, 0.2) is 0 Å². The molecule has 2 heterocycles. The first-order valence-corrected chi connectivity index (χ1v) is 5.32. The SMILES string of the molecule is c1cc(OCC2CNC2)c2c[nH]cc2c1. The Hall–Kier alpha value is -1.48. The van der Waals surface area contributed by atoms with Gasteiger partial charge in [0.25, 0.3) is 0 Å². The highest BCUT2D eigenvalue weighted by Gasteiger charge is 2.17. The lowest BCUT2D eigenvalue weighted by atomic mass is 10.1. The van der Waals surface area contributed by atoms with Crippen molar-refractivity contribution >= 4 is 10.8 Å².